The number of nitrogens with zero attached hydrogens (tertiary/aromatic N) is 5. The summed E-state index contributed by atoms with van der Waals surface area (Å²) in [6.07, 6.45) is 2.25. The Morgan fingerprint density at radius 1 is 1.46 bits per heavy atom. The molecule has 0 unspecified atom stereocenters. The summed E-state index contributed by atoms with van der Waals surface area (Å²) in [6.45, 7) is 6.86. The quantitative estimate of drug-likeness (QED) is 0.803. The first-order chi connectivity index (χ1) is 11.5. The van der Waals surface area contributed by atoms with E-state index in [0.29, 0.717) is 19.1 Å². The molecule has 0 bridgehead atoms. The van der Waals surface area contributed by atoms with Gasteiger partial charge in [0.2, 0.25) is 5.91 Å². The lowest BCUT2D eigenvalue weighted by Crippen LogP contribution is -2.42. The molecule has 1 fully saturated rings. The molecule has 3 rings (SSSR count). The minimum absolute atomic E-state index is 0.180. The Hall–Kier alpha value is -1.73. The van der Waals surface area contributed by atoms with E-state index in [-0.39, 0.29) is 5.91 Å². The van der Waals surface area contributed by atoms with Crippen LogP contribution in [0.25, 0.3) is 0 Å². The van der Waals surface area contributed by atoms with Gasteiger partial charge in [0.1, 0.15) is 11.6 Å². The molecular formula is C17H25N5OS. The van der Waals surface area contributed by atoms with Crippen molar-refractivity contribution >= 4 is 17.2 Å². The van der Waals surface area contributed by atoms with Crippen LogP contribution in [0.5, 0.6) is 0 Å². The molecule has 6 nitrogen and oxygen atoms in total. The van der Waals surface area contributed by atoms with Gasteiger partial charge in [0.05, 0.1) is 13.1 Å². The van der Waals surface area contributed by atoms with E-state index < -0.39 is 0 Å². The molecule has 1 saturated heterocycles. The highest BCUT2D eigenvalue weighted by atomic mass is 32.1. The zero-order chi connectivity index (χ0) is 17.1. The first kappa shape index (κ1) is 17.1. The van der Waals surface area contributed by atoms with Gasteiger partial charge < -0.3 is 4.90 Å². The number of likely N-dealkylation sites (N-methyl/N-ethyl adjacent to an activating group) is 1. The van der Waals surface area contributed by atoms with Crippen molar-refractivity contribution in [2.75, 3.05) is 20.1 Å². The zero-order valence-corrected chi connectivity index (χ0v) is 15.4. The Balaban J connectivity index is 1.57. The first-order valence-corrected chi connectivity index (χ1v) is 9.34. The van der Waals surface area contributed by atoms with Gasteiger partial charge in [-0.05, 0) is 55.6 Å². The van der Waals surface area contributed by atoms with Crippen LogP contribution in [0.15, 0.2) is 16.8 Å². The standard InChI is InChI=1S/C17H25N5OS/c1-13-18-14(2)22(19-13)10-16-5-4-7-21(16)11-17(23)20(3)9-15-6-8-24-12-15/h6,8,12,16H,4-5,7,9-11H2,1-3H3/t16-/m0/s1. The van der Waals surface area contributed by atoms with Crippen molar-refractivity contribution in [3.05, 3.63) is 34.0 Å². The molecule has 1 aliphatic rings. The Morgan fingerprint density at radius 3 is 2.96 bits per heavy atom. The monoisotopic (exact) mass is 347 g/mol. The van der Waals surface area contributed by atoms with E-state index in [9.17, 15) is 4.79 Å². The van der Waals surface area contributed by atoms with Crippen LogP contribution in [0.2, 0.25) is 0 Å². The Kier molecular flexibility index (Phi) is 5.30. The van der Waals surface area contributed by atoms with Crippen molar-refractivity contribution in [1.82, 2.24) is 24.6 Å². The smallest absolute Gasteiger partial charge is 0.236 e. The van der Waals surface area contributed by atoms with Crippen LogP contribution in [-0.4, -0.2) is 56.7 Å². The third-order valence-electron chi connectivity index (χ3n) is 4.61. The van der Waals surface area contributed by atoms with Crippen LogP contribution in [0.1, 0.15) is 30.1 Å². The fraction of sp³-hybridized carbons (Fsp3) is 0.588. The third-order valence-corrected chi connectivity index (χ3v) is 5.34. The summed E-state index contributed by atoms with van der Waals surface area (Å²) in [4.78, 5) is 21.0. The summed E-state index contributed by atoms with van der Waals surface area (Å²) in [7, 11) is 1.88. The largest absolute Gasteiger partial charge is 0.340 e. The molecule has 1 aliphatic heterocycles. The number of aromatic nitrogens is 3. The zero-order valence-electron chi connectivity index (χ0n) is 14.6. The predicted octanol–water partition coefficient (Wildman–Crippen LogP) is 2.08. The number of carbonyl (C=O) groups is 1. The molecule has 0 N–H and O–H groups in total. The van der Waals surface area contributed by atoms with Crippen molar-refractivity contribution in [2.24, 2.45) is 0 Å². The van der Waals surface area contributed by atoms with Crippen LogP contribution in [0, 0.1) is 13.8 Å². The molecule has 0 saturated carbocycles. The molecule has 0 aliphatic carbocycles. The fourth-order valence-electron chi connectivity index (χ4n) is 3.28. The average molecular weight is 347 g/mol. The predicted molar refractivity (Wildman–Crippen MR) is 94.9 cm³/mol. The minimum atomic E-state index is 0.180. The lowest BCUT2D eigenvalue weighted by Gasteiger charge is -2.26. The van der Waals surface area contributed by atoms with Gasteiger partial charge in [-0.1, -0.05) is 0 Å². The Morgan fingerprint density at radius 2 is 2.29 bits per heavy atom. The lowest BCUT2D eigenvalue weighted by molar-refractivity contribution is -0.131. The van der Waals surface area contributed by atoms with Gasteiger partial charge >= 0.3 is 0 Å². The lowest BCUT2D eigenvalue weighted by atomic mass is 10.2. The van der Waals surface area contributed by atoms with E-state index in [4.69, 9.17) is 0 Å². The molecule has 1 atom stereocenters. The van der Waals surface area contributed by atoms with Crippen LogP contribution in [-0.2, 0) is 17.9 Å². The van der Waals surface area contributed by atoms with Crippen LogP contribution < -0.4 is 0 Å². The maximum absolute atomic E-state index is 12.5. The van der Waals surface area contributed by atoms with Crippen LogP contribution in [0.4, 0.5) is 0 Å². The number of aryl methyl sites for hydroxylation is 2. The first-order valence-electron chi connectivity index (χ1n) is 8.40. The van der Waals surface area contributed by atoms with E-state index in [0.717, 1.165) is 37.6 Å². The molecule has 1 amide bonds. The number of amides is 1. The van der Waals surface area contributed by atoms with Gasteiger partial charge in [-0.2, -0.15) is 16.4 Å². The van der Waals surface area contributed by atoms with Crippen molar-refractivity contribution in [3.8, 4) is 0 Å². The van der Waals surface area contributed by atoms with Gasteiger partial charge in [-0.15, -0.1) is 0 Å². The Labute approximate surface area is 147 Å². The minimum Gasteiger partial charge on any atom is -0.340 e. The number of hydrogen-bond donors (Lipinski definition) is 0. The second-order valence-electron chi connectivity index (χ2n) is 6.54. The topological polar surface area (TPSA) is 54.3 Å². The highest BCUT2D eigenvalue weighted by Crippen LogP contribution is 2.19. The molecule has 3 heterocycles. The van der Waals surface area contributed by atoms with Crippen molar-refractivity contribution < 1.29 is 4.79 Å². The highest BCUT2D eigenvalue weighted by molar-refractivity contribution is 7.07. The van der Waals surface area contributed by atoms with Gasteiger partial charge in [0.15, 0.2) is 0 Å². The number of hydrogen-bond acceptors (Lipinski definition) is 5. The van der Waals surface area contributed by atoms with Crippen LogP contribution >= 0.6 is 11.3 Å². The molecule has 0 spiro atoms. The van der Waals surface area contributed by atoms with E-state index in [1.54, 1.807) is 11.3 Å². The van der Waals surface area contributed by atoms with Crippen LogP contribution in [0.3, 0.4) is 0 Å². The summed E-state index contributed by atoms with van der Waals surface area (Å²) in [5.41, 5.74) is 1.20. The van der Waals surface area contributed by atoms with E-state index in [1.165, 1.54) is 5.56 Å². The summed E-state index contributed by atoms with van der Waals surface area (Å²) < 4.78 is 1.97. The third kappa shape index (κ3) is 4.02. The second kappa shape index (κ2) is 7.44. The number of thiophene rings is 1. The SMILES string of the molecule is Cc1nc(C)n(C[C@@H]2CCCN2CC(=O)N(C)Cc2ccsc2)n1. The fourth-order valence-corrected chi connectivity index (χ4v) is 3.94. The van der Waals surface area contributed by atoms with E-state index in [1.807, 2.05) is 35.9 Å². The summed E-state index contributed by atoms with van der Waals surface area (Å²) in [5.74, 6) is 1.93. The average Bonchev–Trinajstić information content (AvgIpc) is 3.24. The number of carbonyl (C=O) groups excluding carboxylic acids is 1. The maximum atomic E-state index is 12.5. The second-order valence-corrected chi connectivity index (χ2v) is 7.32. The summed E-state index contributed by atoms with van der Waals surface area (Å²) >= 11 is 1.67. The molecule has 24 heavy (non-hydrogen) atoms. The molecule has 0 radical (unpaired) electrons. The van der Waals surface area contributed by atoms with Crippen molar-refractivity contribution in [3.63, 3.8) is 0 Å². The normalized spacial score (nSPS) is 18.2. The molecule has 7 heteroatoms. The van der Waals surface area contributed by atoms with E-state index >= 15 is 0 Å². The van der Waals surface area contributed by atoms with Crippen molar-refractivity contribution in [2.45, 2.75) is 45.8 Å². The number of rotatable bonds is 6. The number of likely N-dealkylation sites (tertiary alicyclic amines) is 1. The molecule has 2 aromatic heterocycles. The summed E-state index contributed by atoms with van der Waals surface area (Å²) in [6, 6.07) is 2.44. The van der Waals surface area contributed by atoms with Gasteiger partial charge in [-0.25, -0.2) is 9.67 Å². The van der Waals surface area contributed by atoms with Crippen molar-refractivity contribution in [1.29, 1.82) is 0 Å². The molecule has 130 valence electrons. The van der Waals surface area contributed by atoms with Gasteiger partial charge in [0.25, 0.3) is 0 Å². The highest BCUT2D eigenvalue weighted by Gasteiger charge is 2.28. The van der Waals surface area contributed by atoms with E-state index in [2.05, 4.69) is 26.4 Å². The molecular weight excluding hydrogens is 322 g/mol. The van der Waals surface area contributed by atoms with Gasteiger partial charge in [-0.3, -0.25) is 9.69 Å². The van der Waals surface area contributed by atoms with Gasteiger partial charge in [0, 0.05) is 19.6 Å². The Bertz CT molecular complexity index is 681. The maximum Gasteiger partial charge on any atom is 0.236 e. The molecule has 2 aromatic rings. The molecule has 0 aromatic carbocycles. The summed E-state index contributed by atoms with van der Waals surface area (Å²) in [5, 5.41) is 8.60.